The van der Waals surface area contributed by atoms with Gasteiger partial charge in [0.05, 0.1) is 41.2 Å². The lowest BCUT2D eigenvalue weighted by Gasteiger charge is -2.33. The summed E-state index contributed by atoms with van der Waals surface area (Å²) in [5, 5.41) is 4.25. The van der Waals surface area contributed by atoms with E-state index in [1.807, 2.05) is 12.3 Å². The summed E-state index contributed by atoms with van der Waals surface area (Å²) in [5.41, 5.74) is 1.86. The van der Waals surface area contributed by atoms with Crippen molar-refractivity contribution >= 4 is 48.4 Å². The predicted octanol–water partition coefficient (Wildman–Crippen LogP) is 8.13. The number of hydrogen-bond acceptors (Lipinski definition) is 9. The van der Waals surface area contributed by atoms with Gasteiger partial charge in [-0.15, -0.1) is 11.8 Å². The second kappa shape index (κ2) is 15.1. The first-order valence-electron chi connectivity index (χ1n) is 16.4. The van der Waals surface area contributed by atoms with Crippen molar-refractivity contribution in [3.05, 3.63) is 64.3 Å². The zero-order valence-electron chi connectivity index (χ0n) is 28.6. The van der Waals surface area contributed by atoms with Crippen LogP contribution < -0.4 is 15.4 Å². The van der Waals surface area contributed by atoms with Gasteiger partial charge in [-0.05, 0) is 85.6 Å². The summed E-state index contributed by atoms with van der Waals surface area (Å²) < 4.78 is 66.7. The number of amides is 1. The van der Waals surface area contributed by atoms with E-state index < -0.39 is 30.3 Å². The summed E-state index contributed by atoms with van der Waals surface area (Å²) in [6, 6.07) is 8.09. The molecule has 50 heavy (non-hydrogen) atoms. The first-order valence-corrected chi connectivity index (χ1v) is 19.4. The summed E-state index contributed by atoms with van der Waals surface area (Å²) in [4.78, 5) is 43.5. The number of fused-ring (bicyclic) bond motifs is 1. The number of methoxy groups -OCH3 is 1. The van der Waals surface area contributed by atoms with Gasteiger partial charge in [0.1, 0.15) is 17.1 Å². The number of thioether (sulfide) groups is 1. The van der Waals surface area contributed by atoms with Crippen molar-refractivity contribution in [2.75, 3.05) is 37.0 Å². The molecule has 2 aromatic carbocycles. The number of nitrogens with zero attached hydrogens (tertiary/aromatic N) is 3. The molecule has 1 fully saturated rings. The van der Waals surface area contributed by atoms with E-state index in [1.165, 1.54) is 25.3 Å². The van der Waals surface area contributed by atoms with E-state index in [4.69, 9.17) is 9.47 Å². The van der Waals surface area contributed by atoms with Crippen LogP contribution in [-0.4, -0.2) is 63.0 Å². The van der Waals surface area contributed by atoms with Crippen molar-refractivity contribution in [1.82, 2.24) is 14.9 Å². The third-order valence-corrected chi connectivity index (χ3v) is 12.3. The molecule has 2 aliphatic rings. The van der Waals surface area contributed by atoms with Crippen LogP contribution in [0.4, 0.5) is 36.3 Å². The number of benzene rings is 2. The number of carbonyl (C=O) groups excluding carboxylic acids is 1. The smallest absolute Gasteiger partial charge is 0.421 e. The fourth-order valence-corrected chi connectivity index (χ4v) is 8.71. The zero-order chi connectivity index (χ0) is 36.4. The molecule has 1 amide bonds. The molecule has 1 aliphatic heterocycles. The molecular formula is C34H43F3N5O6PS. The highest BCUT2D eigenvalue weighted by Gasteiger charge is 2.45. The van der Waals surface area contributed by atoms with Crippen LogP contribution in [0.25, 0.3) is 0 Å². The van der Waals surface area contributed by atoms with Crippen molar-refractivity contribution in [3.63, 3.8) is 0 Å². The van der Waals surface area contributed by atoms with Crippen molar-refractivity contribution in [3.8, 4) is 5.75 Å². The number of carbonyl (C=O) groups is 1. The molecule has 2 heterocycles. The zero-order valence-corrected chi connectivity index (χ0v) is 30.3. The summed E-state index contributed by atoms with van der Waals surface area (Å²) in [6.07, 6.45) is 1.92. The molecule has 0 unspecified atom stereocenters. The van der Waals surface area contributed by atoms with Gasteiger partial charge in [-0.1, -0.05) is 26.0 Å². The minimum absolute atomic E-state index is 0.165. The van der Waals surface area contributed by atoms with Crippen molar-refractivity contribution < 1.29 is 41.8 Å². The maximum atomic E-state index is 14.3. The molecule has 0 spiro atoms. The first kappa shape index (κ1) is 37.9. The lowest BCUT2D eigenvalue weighted by Crippen LogP contribution is -2.24. The van der Waals surface area contributed by atoms with Crippen molar-refractivity contribution in [2.24, 2.45) is 0 Å². The van der Waals surface area contributed by atoms with Crippen LogP contribution >= 0.6 is 19.4 Å². The first-order chi connectivity index (χ1) is 23.7. The van der Waals surface area contributed by atoms with Crippen molar-refractivity contribution in [2.45, 2.75) is 82.3 Å². The Balaban J connectivity index is 1.48. The third-order valence-electron chi connectivity index (χ3n) is 9.90. The van der Waals surface area contributed by atoms with Gasteiger partial charge in [-0.2, -0.15) is 18.2 Å². The Morgan fingerprint density at radius 3 is 2.34 bits per heavy atom. The number of halogens is 3. The summed E-state index contributed by atoms with van der Waals surface area (Å²) in [7, 11) is -1.55. The van der Waals surface area contributed by atoms with Gasteiger partial charge in [-0.25, -0.2) is 4.98 Å². The van der Waals surface area contributed by atoms with Crippen LogP contribution in [0.2, 0.25) is 0 Å². The Morgan fingerprint density at radius 1 is 1.06 bits per heavy atom. The van der Waals surface area contributed by atoms with Crippen LogP contribution in [0, 0.1) is 0 Å². The second-order valence-corrected chi connectivity index (χ2v) is 15.4. The molecular weight excluding hydrogens is 694 g/mol. The van der Waals surface area contributed by atoms with Crippen LogP contribution in [0.5, 0.6) is 5.75 Å². The number of rotatable bonds is 13. The van der Waals surface area contributed by atoms with Gasteiger partial charge < -0.3 is 34.8 Å². The number of alkyl halides is 3. The van der Waals surface area contributed by atoms with E-state index >= 15 is 0 Å². The highest BCUT2D eigenvalue weighted by atomic mass is 32.2. The Bertz CT molecular complexity index is 1760. The normalized spacial score (nSPS) is 18.3. The SMILES string of the molecule is CCC(CC)(c1ccc(Nc2ncc(C(F)(F)F)c(Nc3ccc([C@H]4CC[C@H](OCSC)CC4)c4c3C(=O)N(C)C4)n2)c(OC)c1)P(=O)(O)O. The van der Waals surface area contributed by atoms with E-state index in [1.54, 1.807) is 43.6 Å². The Kier molecular flexibility index (Phi) is 11.4. The fraction of sp³-hybridized carbons (Fsp3) is 0.500. The van der Waals surface area contributed by atoms with Crippen LogP contribution in [0.1, 0.15) is 90.9 Å². The van der Waals surface area contributed by atoms with E-state index in [2.05, 4.69) is 20.6 Å². The number of nitrogens with one attached hydrogen (secondary N) is 2. The lowest BCUT2D eigenvalue weighted by atomic mass is 9.80. The number of ether oxygens (including phenoxy) is 2. The summed E-state index contributed by atoms with van der Waals surface area (Å²) >= 11 is 1.63. The lowest BCUT2D eigenvalue weighted by molar-refractivity contribution is -0.137. The highest BCUT2D eigenvalue weighted by molar-refractivity contribution is 7.98. The van der Waals surface area contributed by atoms with Gasteiger partial charge in [0.25, 0.3) is 5.91 Å². The van der Waals surface area contributed by atoms with E-state index in [0.717, 1.165) is 36.8 Å². The Morgan fingerprint density at radius 2 is 1.74 bits per heavy atom. The second-order valence-electron chi connectivity index (χ2n) is 12.7. The van der Waals surface area contributed by atoms with Crippen molar-refractivity contribution in [1.29, 1.82) is 0 Å². The van der Waals surface area contributed by atoms with E-state index in [0.29, 0.717) is 29.8 Å². The van der Waals surface area contributed by atoms with Gasteiger partial charge >= 0.3 is 13.8 Å². The Hall–Kier alpha value is -3.36. The minimum Gasteiger partial charge on any atom is -0.495 e. The van der Waals surface area contributed by atoms with E-state index in [9.17, 15) is 32.3 Å². The largest absolute Gasteiger partial charge is 0.495 e. The molecule has 4 N–H and O–H groups in total. The topological polar surface area (TPSA) is 146 Å². The average molecular weight is 738 g/mol. The molecule has 3 aromatic rings. The van der Waals surface area contributed by atoms with Crippen LogP contribution in [-0.2, 0) is 27.2 Å². The minimum atomic E-state index is -4.81. The number of aromatic nitrogens is 2. The van der Waals surface area contributed by atoms with Gasteiger partial charge in [0.15, 0.2) is 0 Å². The van der Waals surface area contributed by atoms with E-state index in [-0.39, 0.29) is 53.8 Å². The van der Waals surface area contributed by atoms with Gasteiger partial charge in [0.2, 0.25) is 5.95 Å². The molecule has 1 aromatic heterocycles. The predicted molar refractivity (Wildman–Crippen MR) is 188 cm³/mol. The molecule has 0 saturated heterocycles. The molecule has 11 nitrogen and oxygen atoms in total. The summed E-state index contributed by atoms with van der Waals surface area (Å²) in [6.45, 7) is 3.73. The monoisotopic (exact) mass is 737 g/mol. The molecule has 0 atom stereocenters. The standard InChI is InChI=1S/C34H43F3N5O6PS/c1-6-33(7-2,49(44,45)46)21-10-14-26(28(16-21)47-4)40-32-38-17-25(34(35,36)37)30(41-32)39-27-15-13-23(24-18-42(3)31(43)29(24)27)20-8-11-22(12-9-20)48-19-50-5/h10,13-17,20,22H,6-9,11-12,18-19H2,1-5H3,(H2,44,45,46)(H2,38,39,40,41)/t20-,22-. The quantitative estimate of drug-likeness (QED) is 0.0996. The molecule has 0 bridgehead atoms. The van der Waals surface area contributed by atoms with Gasteiger partial charge in [0, 0.05) is 19.8 Å². The highest BCUT2D eigenvalue weighted by Crippen LogP contribution is 2.61. The fourth-order valence-electron chi connectivity index (χ4n) is 7.08. The number of hydrogen-bond donors (Lipinski definition) is 4. The van der Waals surface area contributed by atoms with Gasteiger partial charge in [-0.3, -0.25) is 9.36 Å². The number of anilines is 4. The summed E-state index contributed by atoms with van der Waals surface area (Å²) in [5.74, 6) is -0.00948. The third kappa shape index (κ3) is 7.48. The molecule has 272 valence electrons. The molecule has 16 heteroatoms. The average Bonchev–Trinajstić information content (AvgIpc) is 3.38. The molecule has 1 saturated carbocycles. The van der Waals surface area contributed by atoms with Crippen LogP contribution in [0.15, 0.2) is 36.5 Å². The van der Waals surface area contributed by atoms with Crippen LogP contribution in [0.3, 0.4) is 0 Å². The molecule has 0 radical (unpaired) electrons. The maximum Gasteiger partial charge on any atom is 0.421 e. The molecule has 5 rings (SSSR count). The molecule has 1 aliphatic carbocycles. The Labute approximate surface area is 293 Å². The maximum absolute atomic E-state index is 14.3.